The van der Waals surface area contributed by atoms with Gasteiger partial charge in [-0.05, 0) is 47.1 Å². The summed E-state index contributed by atoms with van der Waals surface area (Å²) in [4.78, 5) is 4.53. The van der Waals surface area contributed by atoms with Crippen LogP contribution in [0.1, 0.15) is 19.8 Å². The molecular formula is C10H25N3. The van der Waals surface area contributed by atoms with Crippen LogP contribution in [-0.4, -0.2) is 56.6 Å². The molecule has 80 valence electrons. The normalized spacial score (nSPS) is 14.1. The van der Waals surface area contributed by atoms with Crippen molar-refractivity contribution in [3.05, 3.63) is 0 Å². The van der Waals surface area contributed by atoms with Crippen LogP contribution < -0.4 is 5.73 Å². The van der Waals surface area contributed by atoms with Crippen molar-refractivity contribution in [1.82, 2.24) is 9.80 Å². The van der Waals surface area contributed by atoms with Gasteiger partial charge >= 0.3 is 0 Å². The molecule has 1 atom stereocenters. The fraction of sp³-hybridized carbons (Fsp3) is 1.00. The molecule has 0 aliphatic carbocycles. The molecule has 0 bridgehead atoms. The maximum absolute atomic E-state index is 5.85. The first-order valence-electron chi connectivity index (χ1n) is 5.15. The minimum absolute atomic E-state index is 0.337. The summed E-state index contributed by atoms with van der Waals surface area (Å²) in [6, 6.07) is 0.337. The summed E-state index contributed by atoms with van der Waals surface area (Å²) in [6.45, 7) is 5.46. The molecule has 0 spiro atoms. The first-order valence-corrected chi connectivity index (χ1v) is 5.15. The third kappa shape index (κ3) is 8.22. The molecule has 3 nitrogen and oxygen atoms in total. The third-order valence-corrected chi connectivity index (χ3v) is 2.22. The second-order valence-electron chi connectivity index (χ2n) is 4.09. The Morgan fingerprint density at radius 1 is 1.15 bits per heavy atom. The highest BCUT2D eigenvalue weighted by molar-refractivity contribution is 4.63. The lowest BCUT2D eigenvalue weighted by atomic mass is 10.2. The van der Waals surface area contributed by atoms with E-state index in [2.05, 4.69) is 37.9 Å². The van der Waals surface area contributed by atoms with E-state index >= 15 is 0 Å². The van der Waals surface area contributed by atoms with E-state index in [4.69, 9.17) is 5.73 Å². The lowest BCUT2D eigenvalue weighted by molar-refractivity contribution is 0.283. The molecule has 0 amide bonds. The van der Waals surface area contributed by atoms with Crippen LogP contribution in [0, 0.1) is 0 Å². The molecule has 0 aromatic carbocycles. The summed E-state index contributed by atoms with van der Waals surface area (Å²) in [5, 5.41) is 0. The Balaban J connectivity index is 3.34. The fourth-order valence-electron chi connectivity index (χ4n) is 1.28. The van der Waals surface area contributed by atoms with E-state index in [1.165, 1.54) is 6.42 Å². The van der Waals surface area contributed by atoms with Crippen molar-refractivity contribution < 1.29 is 0 Å². The predicted octanol–water partition coefficient (Wildman–Crippen LogP) is 0.607. The fourth-order valence-corrected chi connectivity index (χ4v) is 1.28. The maximum Gasteiger partial charge on any atom is 0.0165 e. The molecule has 0 rings (SSSR count). The summed E-state index contributed by atoms with van der Waals surface area (Å²) in [5.41, 5.74) is 5.85. The standard InChI is InChI=1S/C10H25N3/c1-5-10(11)9-13(4)8-6-7-12(2)3/h10H,5-9,11H2,1-4H3/t10-/m1/s1. The number of nitrogens with two attached hydrogens (primary N) is 1. The Morgan fingerprint density at radius 3 is 2.23 bits per heavy atom. The van der Waals surface area contributed by atoms with Crippen molar-refractivity contribution in [1.29, 1.82) is 0 Å². The maximum atomic E-state index is 5.85. The zero-order valence-electron chi connectivity index (χ0n) is 9.58. The van der Waals surface area contributed by atoms with Crippen molar-refractivity contribution in [3.63, 3.8) is 0 Å². The van der Waals surface area contributed by atoms with E-state index in [9.17, 15) is 0 Å². The topological polar surface area (TPSA) is 32.5 Å². The van der Waals surface area contributed by atoms with Gasteiger partial charge < -0.3 is 15.5 Å². The van der Waals surface area contributed by atoms with Gasteiger partial charge in [0.1, 0.15) is 0 Å². The smallest absolute Gasteiger partial charge is 0.0165 e. The molecule has 0 aromatic heterocycles. The molecule has 0 saturated carbocycles. The van der Waals surface area contributed by atoms with Gasteiger partial charge in [0.15, 0.2) is 0 Å². The molecule has 0 saturated heterocycles. The van der Waals surface area contributed by atoms with Crippen molar-refractivity contribution in [2.75, 3.05) is 40.8 Å². The van der Waals surface area contributed by atoms with Gasteiger partial charge in [-0.1, -0.05) is 6.92 Å². The second kappa shape index (κ2) is 7.30. The monoisotopic (exact) mass is 187 g/mol. The minimum Gasteiger partial charge on any atom is -0.327 e. The van der Waals surface area contributed by atoms with Gasteiger partial charge in [-0.3, -0.25) is 0 Å². The SMILES string of the molecule is CC[C@@H](N)CN(C)CCCN(C)C. The molecule has 2 N–H and O–H groups in total. The highest BCUT2D eigenvalue weighted by Gasteiger charge is 2.03. The Hall–Kier alpha value is -0.120. The minimum atomic E-state index is 0.337. The van der Waals surface area contributed by atoms with Crippen molar-refractivity contribution >= 4 is 0 Å². The summed E-state index contributed by atoms with van der Waals surface area (Å²) in [7, 11) is 6.36. The largest absolute Gasteiger partial charge is 0.327 e. The van der Waals surface area contributed by atoms with Gasteiger partial charge in [-0.25, -0.2) is 0 Å². The summed E-state index contributed by atoms with van der Waals surface area (Å²) < 4.78 is 0. The number of nitrogens with zero attached hydrogens (tertiary/aromatic N) is 2. The van der Waals surface area contributed by atoms with Crippen LogP contribution in [0.4, 0.5) is 0 Å². The van der Waals surface area contributed by atoms with Gasteiger partial charge in [0.2, 0.25) is 0 Å². The van der Waals surface area contributed by atoms with Crippen LogP contribution in [0.25, 0.3) is 0 Å². The van der Waals surface area contributed by atoms with Gasteiger partial charge in [0, 0.05) is 12.6 Å². The molecule has 0 aromatic rings. The van der Waals surface area contributed by atoms with Crippen LogP contribution in [0.2, 0.25) is 0 Å². The quantitative estimate of drug-likeness (QED) is 0.634. The van der Waals surface area contributed by atoms with E-state index in [0.29, 0.717) is 6.04 Å². The van der Waals surface area contributed by atoms with Crippen LogP contribution in [0.3, 0.4) is 0 Å². The van der Waals surface area contributed by atoms with Crippen molar-refractivity contribution in [2.45, 2.75) is 25.8 Å². The molecule has 3 heteroatoms. The molecule has 0 aliphatic rings. The first kappa shape index (κ1) is 12.9. The third-order valence-electron chi connectivity index (χ3n) is 2.22. The summed E-state index contributed by atoms with van der Waals surface area (Å²) in [6.07, 6.45) is 2.29. The van der Waals surface area contributed by atoms with Gasteiger partial charge in [0.25, 0.3) is 0 Å². The van der Waals surface area contributed by atoms with E-state index < -0.39 is 0 Å². The predicted molar refractivity (Wildman–Crippen MR) is 58.9 cm³/mol. The molecule has 13 heavy (non-hydrogen) atoms. The summed E-state index contributed by atoms with van der Waals surface area (Å²) in [5.74, 6) is 0. The molecule has 0 unspecified atom stereocenters. The number of rotatable bonds is 7. The highest BCUT2D eigenvalue weighted by Crippen LogP contribution is 1.93. The number of hydrogen-bond donors (Lipinski definition) is 1. The van der Waals surface area contributed by atoms with Crippen molar-refractivity contribution in [2.24, 2.45) is 5.73 Å². The molecule has 0 radical (unpaired) electrons. The highest BCUT2D eigenvalue weighted by atomic mass is 15.1. The Labute approximate surface area is 82.9 Å². The Kier molecular flexibility index (Phi) is 7.23. The zero-order valence-corrected chi connectivity index (χ0v) is 9.58. The van der Waals surface area contributed by atoms with Gasteiger partial charge in [0.05, 0.1) is 0 Å². The molecule has 0 fully saturated rings. The number of hydrogen-bond acceptors (Lipinski definition) is 3. The van der Waals surface area contributed by atoms with E-state index in [0.717, 1.165) is 26.1 Å². The van der Waals surface area contributed by atoms with E-state index in [1.807, 2.05) is 0 Å². The van der Waals surface area contributed by atoms with E-state index in [1.54, 1.807) is 0 Å². The van der Waals surface area contributed by atoms with Crippen molar-refractivity contribution in [3.8, 4) is 0 Å². The molecule has 0 heterocycles. The second-order valence-corrected chi connectivity index (χ2v) is 4.09. The Bertz CT molecular complexity index is 115. The van der Waals surface area contributed by atoms with E-state index in [-0.39, 0.29) is 0 Å². The van der Waals surface area contributed by atoms with Crippen LogP contribution in [-0.2, 0) is 0 Å². The number of likely N-dealkylation sites (N-methyl/N-ethyl adjacent to an activating group) is 1. The summed E-state index contributed by atoms with van der Waals surface area (Å²) >= 11 is 0. The lowest BCUT2D eigenvalue weighted by Gasteiger charge is -2.21. The zero-order chi connectivity index (χ0) is 10.3. The van der Waals surface area contributed by atoms with Gasteiger partial charge in [-0.2, -0.15) is 0 Å². The molecule has 0 aliphatic heterocycles. The average molecular weight is 187 g/mol. The van der Waals surface area contributed by atoms with Gasteiger partial charge in [-0.15, -0.1) is 0 Å². The molecular weight excluding hydrogens is 162 g/mol. The average Bonchev–Trinajstić information content (AvgIpc) is 2.03. The van der Waals surface area contributed by atoms with Crippen LogP contribution in [0.15, 0.2) is 0 Å². The lowest BCUT2D eigenvalue weighted by Crippen LogP contribution is -2.35. The Morgan fingerprint density at radius 2 is 1.77 bits per heavy atom. The van der Waals surface area contributed by atoms with Crippen LogP contribution in [0.5, 0.6) is 0 Å². The first-order chi connectivity index (χ1) is 6.06. The van der Waals surface area contributed by atoms with Crippen LogP contribution >= 0.6 is 0 Å².